The topological polar surface area (TPSA) is 40.5 Å². The number of nitrogens with zero attached hydrogens (tertiary/aromatic N) is 1. The molecule has 2 atom stereocenters. The zero-order valence-corrected chi connectivity index (χ0v) is 12.1. The lowest BCUT2D eigenvalue weighted by Gasteiger charge is -2.37. The monoisotopic (exact) mass is 281 g/mol. The van der Waals surface area contributed by atoms with Gasteiger partial charge in [0.2, 0.25) is 0 Å². The molecule has 0 saturated heterocycles. The van der Waals surface area contributed by atoms with E-state index in [0.717, 1.165) is 29.9 Å². The van der Waals surface area contributed by atoms with Gasteiger partial charge in [0.05, 0.1) is 5.92 Å². The van der Waals surface area contributed by atoms with Gasteiger partial charge in [-0.1, -0.05) is 43.3 Å². The Kier molecular flexibility index (Phi) is 3.65. The van der Waals surface area contributed by atoms with Gasteiger partial charge >= 0.3 is 5.97 Å². The second-order valence-corrected chi connectivity index (χ2v) is 5.57. The summed E-state index contributed by atoms with van der Waals surface area (Å²) in [5.74, 6) is -0.995. The summed E-state index contributed by atoms with van der Waals surface area (Å²) >= 11 is 0. The highest BCUT2D eigenvalue weighted by Crippen LogP contribution is 2.42. The van der Waals surface area contributed by atoms with Crippen molar-refractivity contribution >= 4 is 17.3 Å². The summed E-state index contributed by atoms with van der Waals surface area (Å²) in [7, 11) is 0. The molecule has 2 unspecified atom stereocenters. The first-order valence-corrected chi connectivity index (χ1v) is 7.33. The number of aliphatic carboxylic acids is 1. The van der Waals surface area contributed by atoms with Crippen LogP contribution < -0.4 is 4.90 Å². The van der Waals surface area contributed by atoms with E-state index in [2.05, 4.69) is 29.2 Å². The van der Waals surface area contributed by atoms with Crippen LogP contribution in [0.5, 0.6) is 0 Å². The third-order valence-corrected chi connectivity index (χ3v) is 4.35. The van der Waals surface area contributed by atoms with E-state index in [1.807, 2.05) is 37.3 Å². The van der Waals surface area contributed by atoms with Gasteiger partial charge in [-0.2, -0.15) is 0 Å². The van der Waals surface area contributed by atoms with Gasteiger partial charge in [0, 0.05) is 23.8 Å². The summed E-state index contributed by atoms with van der Waals surface area (Å²) in [5, 5.41) is 9.33. The minimum atomic E-state index is -0.719. The first kappa shape index (κ1) is 13.7. The Balaban J connectivity index is 2.02. The second kappa shape index (κ2) is 5.60. The molecule has 21 heavy (non-hydrogen) atoms. The van der Waals surface area contributed by atoms with Gasteiger partial charge in [-0.05, 0) is 30.2 Å². The Morgan fingerprint density at radius 1 is 1.14 bits per heavy atom. The Labute approximate surface area is 124 Å². The zero-order chi connectivity index (χ0) is 14.8. The van der Waals surface area contributed by atoms with Crippen LogP contribution in [0.2, 0.25) is 0 Å². The Hall–Kier alpha value is -2.29. The van der Waals surface area contributed by atoms with Crippen molar-refractivity contribution in [2.75, 3.05) is 11.4 Å². The van der Waals surface area contributed by atoms with Crippen molar-refractivity contribution in [2.45, 2.75) is 19.3 Å². The van der Waals surface area contributed by atoms with Crippen LogP contribution in [0.4, 0.5) is 11.4 Å². The number of fused-ring (bicyclic) bond motifs is 1. The molecular formula is C18H19NO2. The molecule has 1 aliphatic rings. The molecule has 3 nitrogen and oxygen atoms in total. The smallest absolute Gasteiger partial charge is 0.306 e. The molecule has 0 saturated carbocycles. The van der Waals surface area contributed by atoms with Crippen LogP contribution in [0, 0.1) is 5.92 Å². The Bertz CT molecular complexity index is 639. The fraction of sp³-hybridized carbons (Fsp3) is 0.278. The van der Waals surface area contributed by atoms with Crippen molar-refractivity contribution in [1.29, 1.82) is 0 Å². The summed E-state index contributed by atoms with van der Waals surface area (Å²) in [6.07, 6.45) is 0.860. The molecule has 1 heterocycles. The van der Waals surface area contributed by atoms with E-state index in [9.17, 15) is 9.90 Å². The standard InChI is InChI=1S/C18H19NO2/c1-13(18(20)21)15-11-12-19(14-7-3-2-4-8-14)17-10-6-5-9-16(15)17/h2-10,13,15H,11-12H2,1H3,(H,20,21). The number of carboxylic acid groups (broad SMARTS) is 1. The van der Waals surface area contributed by atoms with Gasteiger partial charge in [-0.25, -0.2) is 0 Å². The molecule has 0 spiro atoms. The van der Waals surface area contributed by atoms with Gasteiger partial charge in [0.25, 0.3) is 0 Å². The number of carboxylic acids is 1. The maximum atomic E-state index is 11.3. The van der Waals surface area contributed by atoms with Crippen molar-refractivity contribution in [1.82, 2.24) is 0 Å². The van der Waals surface area contributed by atoms with Gasteiger partial charge < -0.3 is 10.0 Å². The molecule has 0 aromatic heterocycles. The first-order chi connectivity index (χ1) is 10.2. The Morgan fingerprint density at radius 3 is 2.52 bits per heavy atom. The predicted molar refractivity (Wildman–Crippen MR) is 84.0 cm³/mol. The molecule has 0 radical (unpaired) electrons. The predicted octanol–water partition coefficient (Wildman–Crippen LogP) is 4.03. The molecule has 3 heteroatoms. The highest BCUT2D eigenvalue weighted by atomic mass is 16.4. The largest absolute Gasteiger partial charge is 0.481 e. The lowest BCUT2D eigenvalue weighted by molar-refractivity contribution is -0.141. The fourth-order valence-electron chi connectivity index (χ4n) is 3.16. The number of para-hydroxylation sites is 2. The van der Waals surface area contributed by atoms with E-state index < -0.39 is 5.97 Å². The zero-order valence-electron chi connectivity index (χ0n) is 12.1. The molecular weight excluding hydrogens is 262 g/mol. The van der Waals surface area contributed by atoms with E-state index in [0.29, 0.717) is 0 Å². The van der Waals surface area contributed by atoms with E-state index in [-0.39, 0.29) is 11.8 Å². The van der Waals surface area contributed by atoms with Gasteiger partial charge in [-0.3, -0.25) is 4.79 Å². The molecule has 0 amide bonds. The lowest BCUT2D eigenvalue weighted by atomic mass is 9.81. The van der Waals surface area contributed by atoms with Crippen molar-refractivity contribution in [3.8, 4) is 0 Å². The van der Waals surface area contributed by atoms with Crippen LogP contribution in [-0.2, 0) is 4.79 Å². The number of rotatable bonds is 3. The van der Waals surface area contributed by atoms with Gasteiger partial charge in [0.15, 0.2) is 0 Å². The lowest BCUT2D eigenvalue weighted by Crippen LogP contribution is -2.31. The van der Waals surface area contributed by atoms with E-state index in [4.69, 9.17) is 0 Å². The maximum absolute atomic E-state index is 11.3. The van der Waals surface area contributed by atoms with Crippen LogP contribution in [0.1, 0.15) is 24.8 Å². The summed E-state index contributed by atoms with van der Waals surface area (Å²) in [4.78, 5) is 13.6. The molecule has 0 fully saturated rings. The average molecular weight is 281 g/mol. The summed E-state index contributed by atoms with van der Waals surface area (Å²) in [6.45, 7) is 2.66. The molecule has 1 aliphatic heterocycles. The highest BCUT2D eigenvalue weighted by Gasteiger charge is 2.32. The molecule has 3 rings (SSSR count). The average Bonchev–Trinajstić information content (AvgIpc) is 2.54. The van der Waals surface area contributed by atoms with Crippen molar-refractivity contribution < 1.29 is 9.90 Å². The number of carbonyl (C=O) groups is 1. The molecule has 0 aliphatic carbocycles. The summed E-state index contributed by atoms with van der Waals surface area (Å²) < 4.78 is 0. The van der Waals surface area contributed by atoms with Gasteiger partial charge in [-0.15, -0.1) is 0 Å². The number of anilines is 2. The fourth-order valence-corrected chi connectivity index (χ4v) is 3.16. The third-order valence-electron chi connectivity index (χ3n) is 4.35. The van der Waals surface area contributed by atoms with Crippen LogP contribution in [0.15, 0.2) is 54.6 Å². The minimum Gasteiger partial charge on any atom is -0.481 e. The van der Waals surface area contributed by atoms with Crippen LogP contribution in [0.3, 0.4) is 0 Å². The van der Waals surface area contributed by atoms with Crippen molar-refractivity contribution in [2.24, 2.45) is 5.92 Å². The van der Waals surface area contributed by atoms with Crippen LogP contribution in [-0.4, -0.2) is 17.6 Å². The van der Waals surface area contributed by atoms with E-state index >= 15 is 0 Å². The summed E-state index contributed by atoms with van der Waals surface area (Å²) in [5.41, 5.74) is 3.43. The molecule has 2 aromatic carbocycles. The molecule has 1 N–H and O–H groups in total. The Morgan fingerprint density at radius 2 is 1.81 bits per heavy atom. The summed E-state index contributed by atoms with van der Waals surface area (Å²) in [6, 6.07) is 18.4. The van der Waals surface area contributed by atoms with E-state index in [1.165, 1.54) is 0 Å². The molecule has 2 aromatic rings. The minimum absolute atomic E-state index is 0.0821. The highest BCUT2D eigenvalue weighted by molar-refractivity contribution is 5.74. The van der Waals surface area contributed by atoms with Crippen molar-refractivity contribution in [3.63, 3.8) is 0 Å². The number of hydrogen-bond acceptors (Lipinski definition) is 2. The molecule has 0 bridgehead atoms. The van der Waals surface area contributed by atoms with Gasteiger partial charge in [0.1, 0.15) is 0 Å². The second-order valence-electron chi connectivity index (χ2n) is 5.57. The van der Waals surface area contributed by atoms with Crippen LogP contribution >= 0.6 is 0 Å². The normalized spacial score (nSPS) is 18.9. The maximum Gasteiger partial charge on any atom is 0.306 e. The third kappa shape index (κ3) is 2.51. The molecule has 108 valence electrons. The quantitative estimate of drug-likeness (QED) is 0.923. The number of hydrogen-bond donors (Lipinski definition) is 1. The first-order valence-electron chi connectivity index (χ1n) is 7.33. The number of benzene rings is 2. The van der Waals surface area contributed by atoms with Crippen molar-refractivity contribution in [3.05, 3.63) is 60.2 Å². The van der Waals surface area contributed by atoms with Crippen LogP contribution in [0.25, 0.3) is 0 Å². The SMILES string of the molecule is CC(C(=O)O)C1CCN(c2ccccc2)c2ccccc21. The van der Waals surface area contributed by atoms with E-state index in [1.54, 1.807) is 0 Å².